The number of nitrogens with zero attached hydrogens (tertiary/aromatic N) is 3. The van der Waals surface area contributed by atoms with Crippen LogP contribution in [0.1, 0.15) is 56.9 Å². The van der Waals surface area contributed by atoms with Crippen molar-refractivity contribution < 1.29 is 14.7 Å². The van der Waals surface area contributed by atoms with E-state index in [1.165, 1.54) is 0 Å². The van der Waals surface area contributed by atoms with Crippen LogP contribution in [0.15, 0.2) is 18.3 Å². The predicted octanol–water partition coefficient (Wildman–Crippen LogP) is 3.21. The van der Waals surface area contributed by atoms with Gasteiger partial charge < -0.3 is 20.6 Å². The minimum atomic E-state index is -0.855. The number of rotatable bonds is 5. The van der Waals surface area contributed by atoms with Gasteiger partial charge in [0.2, 0.25) is 5.91 Å². The number of aromatic nitrogens is 1. The maximum atomic E-state index is 13.2. The number of likely N-dealkylation sites (tertiary alicyclic amines) is 1. The molecule has 33 heavy (non-hydrogen) atoms. The first kappa shape index (κ1) is 20.8. The molecule has 8 nitrogen and oxygen atoms in total. The molecule has 1 aromatic rings. The Morgan fingerprint density at radius 2 is 1.91 bits per heavy atom. The lowest BCUT2D eigenvalue weighted by atomic mass is 9.44. The summed E-state index contributed by atoms with van der Waals surface area (Å²) in [7, 11) is 0. The van der Waals surface area contributed by atoms with Gasteiger partial charge in [-0.3, -0.25) is 4.79 Å². The summed E-state index contributed by atoms with van der Waals surface area (Å²) < 4.78 is 0. The lowest BCUT2D eigenvalue weighted by molar-refractivity contribution is -0.157. The Labute approximate surface area is 193 Å². The highest BCUT2D eigenvalue weighted by molar-refractivity contribution is 5.83. The van der Waals surface area contributed by atoms with Crippen LogP contribution in [-0.2, 0) is 4.79 Å². The summed E-state index contributed by atoms with van der Waals surface area (Å²) in [6.07, 6.45) is 8.68. The molecule has 0 radical (unpaired) electrons. The highest BCUT2D eigenvalue weighted by atomic mass is 16.4. The predicted molar refractivity (Wildman–Crippen MR) is 120 cm³/mol. The van der Waals surface area contributed by atoms with Gasteiger partial charge in [0.15, 0.2) is 0 Å². The zero-order valence-electron chi connectivity index (χ0n) is 18.7. The molecule has 5 aliphatic carbocycles. The number of nitriles is 1. The number of hydrogen-bond acceptors (Lipinski definition) is 5. The van der Waals surface area contributed by atoms with Gasteiger partial charge in [0.05, 0.1) is 17.6 Å². The van der Waals surface area contributed by atoms with Crippen molar-refractivity contribution in [2.24, 2.45) is 29.1 Å². The van der Waals surface area contributed by atoms with Crippen LogP contribution in [-0.4, -0.2) is 51.7 Å². The summed E-state index contributed by atoms with van der Waals surface area (Å²) >= 11 is 0. The normalized spacial score (nSPS) is 38.7. The molecule has 3 N–H and O–H groups in total. The molecule has 4 unspecified atom stereocenters. The number of pyridine rings is 1. The third kappa shape index (κ3) is 3.53. The van der Waals surface area contributed by atoms with Gasteiger partial charge in [-0.15, -0.1) is 0 Å². The molecule has 6 aliphatic rings. The minimum absolute atomic E-state index is 0.0136. The van der Waals surface area contributed by atoms with Crippen molar-refractivity contribution in [3.8, 4) is 6.07 Å². The fourth-order valence-electron chi connectivity index (χ4n) is 7.87. The average molecular weight is 450 g/mol. The van der Waals surface area contributed by atoms with E-state index < -0.39 is 6.09 Å². The number of anilines is 1. The molecule has 7 rings (SSSR count). The Hall–Kier alpha value is -2.82. The fraction of sp³-hybridized carbons (Fsp3) is 0.680. The van der Waals surface area contributed by atoms with Gasteiger partial charge in [0.1, 0.15) is 11.9 Å². The van der Waals surface area contributed by atoms with Gasteiger partial charge in [0.25, 0.3) is 0 Å². The topological polar surface area (TPSA) is 118 Å². The molecule has 4 bridgehead atoms. The van der Waals surface area contributed by atoms with Crippen molar-refractivity contribution in [2.45, 2.75) is 69.5 Å². The third-order valence-corrected chi connectivity index (χ3v) is 9.06. The van der Waals surface area contributed by atoms with E-state index in [1.807, 2.05) is 0 Å². The zero-order chi connectivity index (χ0) is 22.7. The second-order valence-electron chi connectivity index (χ2n) is 11.1. The Bertz CT molecular complexity index is 984. The Morgan fingerprint density at radius 1 is 1.15 bits per heavy atom. The Morgan fingerprint density at radius 3 is 2.52 bits per heavy atom. The van der Waals surface area contributed by atoms with Gasteiger partial charge in [-0.05, 0) is 87.2 Å². The van der Waals surface area contributed by atoms with Crippen molar-refractivity contribution in [3.05, 3.63) is 23.9 Å². The molecule has 6 fully saturated rings. The molecule has 1 aromatic heterocycles. The van der Waals surface area contributed by atoms with Crippen LogP contribution in [0.5, 0.6) is 0 Å². The summed E-state index contributed by atoms with van der Waals surface area (Å²) in [5.41, 5.74) is 0.270. The van der Waals surface area contributed by atoms with E-state index in [1.54, 1.807) is 23.2 Å². The molecule has 2 amide bonds. The van der Waals surface area contributed by atoms with Crippen LogP contribution in [0.4, 0.5) is 10.6 Å². The summed E-state index contributed by atoms with van der Waals surface area (Å²) in [6, 6.07) is 5.87. The highest BCUT2D eigenvalue weighted by Gasteiger charge is 2.62. The van der Waals surface area contributed by atoms with E-state index in [9.17, 15) is 14.7 Å². The second kappa shape index (κ2) is 7.61. The van der Waals surface area contributed by atoms with Gasteiger partial charge >= 0.3 is 6.09 Å². The van der Waals surface area contributed by atoms with E-state index in [-0.39, 0.29) is 29.3 Å². The lowest BCUT2D eigenvalue weighted by Crippen LogP contribution is -2.62. The molecule has 1 aliphatic heterocycles. The van der Waals surface area contributed by atoms with Crippen LogP contribution >= 0.6 is 0 Å². The first-order valence-corrected chi connectivity index (χ1v) is 12.4. The molecular weight excluding hydrogens is 418 g/mol. The molecule has 4 atom stereocenters. The summed E-state index contributed by atoms with van der Waals surface area (Å²) in [5, 5.41) is 25.8. The van der Waals surface area contributed by atoms with Gasteiger partial charge in [0, 0.05) is 24.2 Å². The smallest absolute Gasteiger partial charge is 0.407 e. The number of carbonyl (C=O) groups is 2. The molecule has 1 saturated heterocycles. The molecule has 2 heterocycles. The van der Waals surface area contributed by atoms with Crippen molar-refractivity contribution in [2.75, 3.05) is 11.9 Å². The largest absolute Gasteiger partial charge is 0.465 e. The summed E-state index contributed by atoms with van der Waals surface area (Å²) in [4.78, 5) is 31.5. The number of nitrogens with one attached hydrogen (secondary N) is 2. The first-order chi connectivity index (χ1) is 16.0. The van der Waals surface area contributed by atoms with Crippen molar-refractivity contribution in [1.82, 2.24) is 15.2 Å². The van der Waals surface area contributed by atoms with Gasteiger partial charge in [-0.2, -0.15) is 5.26 Å². The SMILES string of the molecule is N#Cc1ccc(NC2CCN(C(=O)O)C2C2C3CC4CC2CC(C(=O)NC2CC2)(C4)C3)nc1. The number of hydrogen-bond donors (Lipinski definition) is 3. The fourth-order valence-corrected chi connectivity index (χ4v) is 7.87. The van der Waals surface area contributed by atoms with Crippen LogP contribution in [0.2, 0.25) is 0 Å². The maximum absolute atomic E-state index is 13.2. The molecule has 0 spiro atoms. The van der Waals surface area contributed by atoms with E-state index in [0.717, 1.165) is 51.4 Å². The summed E-state index contributed by atoms with van der Waals surface area (Å²) in [5.74, 6) is 2.60. The van der Waals surface area contributed by atoms with Crippen LogP contribution in [0.3, 0.4) is 0 Å². The zero-order valence-corrected chi connectivity index (χ0v) is 18.7. The summed E-state index contributed by atoms with van der Waals surface area (Å²) in [6.45, 7) is 0.515. The van der Waals surface area contributed by atoms with Crippen molar-refractivity contribution >= 4 is 17.8 Å². The van der Waals surface area contributed by atoms with Crippen LogP contribution in [0.25, 0.3) is 0 Å². The maximum Gasteiger partial charge on any atom is 0.407 e. The monoisotopic (exact) mass is 449 g/mol. The van der Waals surface area contributed by atoms with E-state index in [2.05, 4.69) is 21.7 Å². The van der Waals surface area contributed by atoms with E-state index >= 15 is 0 Å². The Kier molecular flexibility index (Phi) is 4.79. The van der Waals surface area contributed by atoms with Crippen LogP contribution in [0, 0.1) is 40.4 Å². The average Bonchev–Trinajstić information content (AvgIpc) is 3.51. The van der Waals surface area contributed by atoms with Gasteiger partial charge in [-0.25, -0.2) is 9.78 Å². The molecular formula is C25H31N5O3. The van der Waals surface area contributed by atoms with E-state index in [0.29, 0.717) is 41.7 Å². The first-order valence-electron chi connectivity index (χ1n) is 12.4. The minimum Gasteiger partial charge on any atom is -0.465 e. The Balaban J connectivity index is 1.26. The van der Waals surface area contributed by atoms with Gasteiger partial charge in [-0.1, -0.05) is 0 Å². The van der Waals surface area contributed by atoms with E-state index in [4.69, 9.17) is 5.26 Å². The van der Waals surface area contributed by atoms with Crippen molar-refractivity contribution in [3.63, 3.8) is 0 Å². The molecule has 5 saturated carbocycles. The second-order valence-corrected chi connectivity index (χ2v) is 11.1. The molecule has 0 aromatic carbocycles. The standard InChI is InChI=1S/C25H31N5O3/c26-12-14-1-4-20(27-13-14)29-19-5-6-30(24(32)33)22(19)21-16-7-15-8-17(21)11-25(9-15,10-16)23(31)28-18-2-3-18/h1,4,13,15-19,21-22H,2-3,5-11H2,(H,27,29)(H,28,31)(H,32,33). The third-order valence-electron chi connectivity index (χ3n) is 9.06. The number of carboxylic acid groups (broad SMARTS) is 1. The number of amides is 2. The van der Waals surface area contributed by atoms with Crippen molar-refractivity contribution in [1.29, 1.82) is 5.26 Å². The van der Waals surface area contributed by atoms with Crippen LogP contribution < -0.4 is 10.6 Å². The number of carbonyl (C=O) groups excluding carboxylic acids is 1. The lowest BCUT2D eigenvalue weighted by Gasteiger charge is -2.61. The highest BCUT2D eigenvalue weighted by Crippen LogP contribution is 2.64. The quantitative estimate of drug-likeness (QED) is 0.635. The molecule has 8 heteroatoms. The molecule has 174 valence electrons.